The zero-order chi connectivity index (χ0) is 16.4. The van der Waals surface area contributed by atoms with E-state index in [1.54, 1.807) is 12.1 Å². The van der Waals surface area contributed by atoms with Crippen molar-refractivity contribution in [2.24, 2.45) is 0 Å². The smallest absolute Gasteiger partial charge is 0.195 e. The summed E-state index contributed by atoms with van der Waals surface area (Å²) in [4.78, 5) is 2.43. The van der Waals surface area contributed by atoms with E-state index in [2.05, 4.69) is 29.2 Å². The van der Waals surface area contributed by atoms with Crippen LogP contribution in [0.15, 0.2) is 54.6 Å². The average molecular weight is 327 g/mol. The van der Waals surface area contributed by atoms with Crippen LogP contribution in [0.4, 0.5) is 4.39 Å². The van der Waals surface area contributed by atoms with Crippen LogP contribution in [0, 0.1) is 5.82 Å². The Balaban J connectivity index is 1.47. The topological polar surface area (TPSA) is 21.7 Å². The Morgan fingerprint density at radius 3 is 2.67 bits per heavy atom. The van der Waals surface area contributed by atoms with E-state index in [0.717, 1.165) is 38.0 Å². The van der Waals surface area contributed by atoms with E-state index < -0.39 is 5.79 Å². The Labute approximate surface area is 142 Å². The molecule has 2 atom stereocenters. The zero-order valence-electron chi connectivity index (χ0n) is 13.7. The summed E-state index contributed by atoms with van der Waals surface area (Å²) in [6, 6.07) is 17.0. The standard InChI is InChI=1S/C20H22FNO2/c21-18-9-7-17(8-10-18)20-11-4-12-22(14-19(24-20)15-23-20)13-16-5-2-1-3-6-16/h1-3,5-10,19H,4,11-15H2. The highest BCUT2D eigenvalue weighted by atomic mass is 19.1. The molecule has 2 aliphatic rings. The third kappa shape index (κ3) is 3.22. The molecule has 2 aliphatic heterocycles. The quantitative estimate of drug-likeness (QED) is 0.858. The van der Waals surface area contributed by atoms with Crippen LogP contribution in [0.1, 0.15) is 24.0 Å². The molecule has 3 nitrogen and oxygen atoms in total. The molecule has 24 heavy (non-hydrogen) atoms. The lowest BCUT2D eigenvalue weighted by molar-refractivity contribution is -0.189. The van der Waals surface area contributed by atoms with Gasteiger partial charge in [-0.15, -0.1) is 0 Å². The van der Waals surface area contributed by atoms with Crippen LogP contribution in [-0.4, -0.2) is 30.7 Å². The monoisotopic (exact) mass is 327 g/mol. The Hall–Kier alpha value is -1.75. The van der Waals surface area contributed by atoms with Crippen molar-refractivity contribution in [2.75, 3.05) is 19.7 Å². The first-order chi connectivity index (χ1) is 11.7. The number of halogens is 1. The molecular formula is C20H22FNO2. The zero-order valence-corrected chi connectivity index (χ0v) is 13.7. The molecule has 2 unspecified atom stereocenters. The number of benzene rings is 2. The predicted molar refractivity (Wildman–Crippen MR) is 89.9 cm³/mol. The number of hydrogen-bond acceptors (Lipinski definition) is 3. The molecule has 0 spiro atoms. The molecule has 2 fully saturated rings. The van der Waals surface area contributed by atoms with E-state index in [1.165, 1.54) is 17.7 Å². The Morgan fingerprint density at radius 2 is 1.88 bits per heavy atom. The van der Waals surface area contributed by atoms with Crippen molar-refractivity contribution in [3.05, 3.63) is 71.5 Å². The molecule has 0 aliphatic carbocycles. The average Bonchev–Trinajstić information content (AvgIpc) is 3.01. The second-order valence-electron chi connectivity index (χ2n) is 6.63. The molecule has 0 amide bonds. The van der Waals surface area contributed by atoms with Crippen LogP contribution >= 0.6 is 0 Å². The van der Waals surface area contributed by atoms with Gasteiger partial charge in [-0.3, -0.25) is 4.90 Å². The lowest BCUT2D eigenvalue weighted by Crippen LogP contribution is -2.39. The molecule has 4 heteroatoms. The first-order valence-corrected chi connectivity index (χ1v) is 8.58. The van der Waals surface area contributed by atoms with Crippen LogP contribution < -0.4 is 0 Å². The van der Waals surface area contributed by atoms with E-state index in [0.29, 0.717) is 6.61 Å². The Kier molecular flexibility index (Phi) is 4.35. The van der Waals surface area contributed by atoms with Crippen molar-refractivity contribution in [1.29, 1.82) is 0 Å². The molecule has 0 N–H and O–H groups in total. The molecule has 4 rings (SSSR count). The summed E-state index contributed by atoms with van der Waals surface area (Å²) in [5, 5.41) is 0. The minimum Gasteiger partial charge on any atom is -0.343 e. The van der Waals surface area contributed by atoms with Crippen molar-refractivity contribution in [1.82, 2.24) is 4.90 Å². The van der Waals surface area contributed by atoms with Gasteiger partial charge in [0, 0.05) is 25.1 Å². The van der Waals surface area contributed by atoms with E-state index in [1.807, 2.05) is 6.07 Å². The SMILES string of the molecule is Fc1ccc(C23CCCN(Cc4ccccc4)CC(CO2)O3)cc1. The summed E-state index contributed by atoms with van der Waals surface area (Å²) in [5.41, 5.74) is 2.24. The van der Waals surface area contributed by atoms with Crippen LogP contribution in [0.2, 0.25) is 0 Å². The fraction of sp³-hybridized carbons (Fsp3) is 0.400. The molecule has 2 heterocycles. The summed E-state index contributed by atoms with van der Waals surface area (Å²) in [6.45, 7) is 3.39. The largest absolute Gasteiger partial charge is 0.343 e. The minimum absolute atomic E-state index is 0.0547. The molecule has 126 valence electrons. The molecular weight excluding hydrogens is 305 g/mol. The fourth-order valence-corrected chi connectivity index (χ4v) is 3.69. The highest BCUT2D eigenvalue weighted by Crippen LogP contribution is 2.40. The highest BCUT2D eigenvalue weighted by molar-refractivity contribution is 5.22. The van der Waals surface area contributed by atoms with E-state index in [4.69, 9.17) is 9.47 Å². The van der Waals surface area contributed by atoms with Crippen molar-refractivity contribution >= 4 is 0 Å². The summed E-state index contributed by atoms with van der Waals surface area (Å²) in [7, 11) is 0. The molecule has 2 bridgehead atoms. The van der Waals surface area contributed by atoms with Gasteiger partial charge in [0.2, 0.25) is 0 Å². The van der Waals surface area contributed by atoms with Gasteiger partial charge in [0.15, 0.2) is 5.79 Å². The Morgan fingerprint density at radius 1 is 1.08 bits per heavy atom. The highest BCUT2D eigenvalue weighted by Gasteiger charge is 2.44. The summed E-state index contributed by atoms with van der Waals surface area (Å²) in [5.74, 6) is -0.929. The molecule has 0 saturated carbocycles. The summed E-state index contributed by atoms with van der Waals surface area (Å²) in [6.07, 6.45) is 1.83. The van der Waals surface area contributed by atoms with Crippen molar-refractivity contribution in [2.45, 2.75) is 31.3 Å². The predicted octanol–water partition coefficient (Wildman–Crippen LogP) is 3.69. The number of ether oxygens (including phenoxy) is 2. The lowest BCUT2D eigenvalue weighted by atomic mass is 9.99. The molecule has 2 saturated heterocycles. The second kappa shape index (κ2) is 6.63. The number of nitrogens with zero attached hydrogens (tertiary/aromatic N) is 1. The summed E-state index contributed by atoms with van der Waals surface area (Å²) >= 11 is 0. The van der Waals surface area contributed by atoms with Crippen LogP contribution in [0.3, 0.4) is 0 Å². The number of fused-ring (bicyclic) bond motifs is 2. The minimum atomic E-state index is -0.697. The maximum absolute atomic E-state index is 13.2. The third-order valence-corrected chi connectivity index (χ3v) is 4.83. The lowest BCUT2D eigenvalue weighted by Gasteiger charge is -2.33. The summed E-state index contributed by atoms with van der Waals surface area (Å²) < 4.78 is 25.6. The van der Waals surface area contributed by atoms with E-state index in [-0.39, 0.29) is 11.9 Å². The molecule has 0 radical (unpaired) electrons. The first-order valence-electron chi connectivity index (χ1n) is 8.58. The van der Waals surface area contributed by atoms with E-state index in [9.17, 15) is 4.39 Å². The number of hydrogen-bond donors (Lipinski definition) is 0. The third-order valence-electron chi connectivity index (χ3n) is 4.83. The molecule has 2 aromatic carbocycles. The second-order valence-corrected chi connectivity index (χ2v) is 6.63. The van der Waals surface area contributed by atoms with Gasteiger partial charge >= 0.3 is 0 Å². The van der Waals surface area contributed by atoms with Gasteiger partial charge in [-0.25, -0.2) is 4.39 Å². The van der Waals surface area contributed by atoms with Gasteiger partial charge in [0.1, 0.15) is 5.82 Å². The van der Waals surface area contributed by atoms with Crippen LogP contribution in [-0.2, 0) is 21.8 Å². The Bertz CT molecular complexity index is 676. The van der Waals surface area contributed by atoms with Gasteiger partial charge in [0.25, 0.3) is 0 Å². The van der Waals surface area contributed by atoms with Gasteiger partial charge in [-0.1, -0.05) is 42.5 Å². The maximum atomic E-state index is 13.2. The molecule has 2 aromatic rings. The molecule has 0 aromatic heterocycles. The normalized spacial score (nSPS) is 27.6. The maximum Gasteiger partial charge on any atom is 0.195 e. The fourth-order valence-electron chi connectivity index (χ4n) is 3.69. The van der Waals surface area contributed by atoms with Gasteiger partial charge in [0.05, 0.1) is 12.7 Å². The first kappa shape index (κ1) is 15.8. The van der Waals surface area contributed by atoms with Crippen molar-refractivity contribution in [3.63, 3.8) is 0 Å². The van der Waals surface area contributed by atoms with Gasteiger partial charge in [-0.05, 0) is 30.7 Å². The van der Waals surface area contributed by atoms with Crippen LogP contribution in [0.5, 0.6) is 0 Å². The van der Waals surface area contributed by atoms with Gasteiger partial charge < -0.3 is 9.47 Å². The number of rotatable bonds is 3. The van der Waals surface area contributed by atoms with Gasteiger partial charge in [-0.2, -0.15) is 0 Å². The van der Waals surface area contributed by atoms with Crippen LogP contribution in [0.25, 0.3) is 0 Å². The van der Waals surface area contributed by atoms with Crippen molar-refractivity contribution < 1.29 is 13.9 Å². The van der Waals surface area contributed by atoms with E-state index >= 15 is 0 Å². The van der Waals surface area contributed by atoms with Crippen molar-refractivity contribution in [3.8, 4) is 0 Å².